The van der Waals surface area contributed by atoms with E-state index >= 15 is 0 Å². The molecular formula is C16H28N4O2. The predicted molar refractivity (Wildman–Crippen MR) is 84.6 cm³/mol. The average molecular weight is 308 g/mol. The summed E-state index contributed by atoms with van der Waals surface area (Å²) in [5.41, 5.74) is 0. The van der Waals surface area contributed by atoms with Gasteiger partial charge in [-0.1, -0.05) is 19.8 Å². The lowest BCUT2D eigenvalue weighted by Crippen LogP contribution is -2.39. The SMILES string of the molecule is CCCCCc1nc(C2CCCCN2C(=O)OC)n(CC)n1. The van der Waals surface area contributed by atoms with Crippen molar-refractivity contribution in [2.24, 2.45) is 0 Å². The minimum Gasteiger partial charge on any atom is -0.453 e. The summed E-state index contributed by atoms with van der Waals surface area (Å²) in [4.78, 5) is 18.6. The molecule has 0 saturated carbocycles. The van der Waals surface area contributed by atoms with Crippen molar-refractivity contribution in [2.45, 2.75) is 71.4 Å². The van der Waals surface area contributed by atoms with Crippen molar-refractivity contribution in [3.63, 3.8) is 0 Å². The zero-order chi connectivity index (χ0) is 15.9. The molecule has 0 bridgehead atoms. The monoisotopic (exact) mass is 308 g/mol. The van der Waals surface area contributed by atoms with Gasteiger partial charge in [0.25, 0.3) is 0 Å². The van der Waals surface area contributed by atoms with Gasteiger partial charge in [-0.3, -0.25) is 4.90 Å². The molecule has 124 valence electrons. The third-order valence-corrected chi connectivity index (χ3v) is 4.26. The molecule has 1 amide bonds. The molecule has 0 aliphatic carbocycles. The Morgan fingerprint density at radius 1 is 1.32 bits per heavy atom. The topological polar surface area (TPSA) is 60.3 Å². The first kappa shape index (κ1) is 16.8. The van der Waals surface area contributed by atoms with Crippen LogP contribution < -0.4 is 0 Å². The van der Waals surface area contributed by atoms with Gasteiger partial charge in [0.15, 0.2) is 5.82 Å². The van der Waals surface area contributed by atoms with E-state index in [0.717, 1.165) is 56.8 Å². The number of piperidine rings is 1. The summed E-state index contributed by atoms with van der Waals surface area (Å²) in [6.45, 7) is 5.78. The summed E-state index contributed by atoms with van der Waals surface area (Å²) in [6, 6.07) is -0.00595. The smallest absolute Gasteiger partial charge is 0.410 e. The molecule has 0 radical (unpaired) electrons. The highest BCUT2D eigenvalue weighted by Gasteiger charge is 2.32. The molecule has 2 heterocycles. The molecule has 2 rings (SSSR count). The quantitative estimate of drug-likeness (QED) is 0.756. The second kappa shape index (κ2) is 8.15. The van der Waals surface area contributed by atoms with Crippen LogP contribution in [0.1, 0.15) is 70.1 Å². The molecule has 6 heteroatoms. The first-order valence-electron chi connectivity index (χ1n) is 8.49. The van der Waals surface area contributed by atoms with E-state index in [9.17, 15) is 4.79 Å². The van der Waals surface area contributed by atoms with Crippen LogP contribution in [0, 0.1) is 0 Å². The number of likely N-dealkylation sites (tertiary alicyclic amines) is 1. The van der Waals surface area contributed by atoms with Crippen molar-refractivity contribution in [2.75, 3.05) is 13.7 Å². The van der Waals surface area contributed by atoms with Crippen molar-refractivity contribution < 1.29 is 9.53 Å². The van der Waals surface area contributed by atoms with Gasteiger partial charge < -0.3 is 4.74 Å². The van der Waals surface area contributed by atoms with Crippen molar-refractivity contribution in [3.05, 3.63) is 11.6 Å². The summed E-state index contributed by atoms with van der Waals surface area (Å²) >= 11 is 0. The second-order valence-corrected chi connectivity index (χ2v) is 5.83. The highest BCUT2D eigenvalue weighted by Crippen LogP contribution is 2.30. The van der Waals surface area contributed by atoms with Gasteiger partial charge in [-0.25, -0.2) is 14.5 Å². The fourth-order valence-corrected chi connectivity index (χ4v) is 3.06. The first-order chi connectivity index (χ1) is 10.7. The maximum absolute atomic E-state index is 12.0. The summed E-state index contributed by atoms with van der Waals surface area (Å²) in [5.74, 6) is 1.82. The van der Waals surface area contributed by atoms with Crippen molar-refractivity contribution >= 4 is 6.09 Å². The zero-order valence-electron chi connectivity index (χ0n) is 14.0. The fourth-order valence-electron chi connectivity index (χ4n) is 3.06. The van der Waals surface area contributed by atoms with Crippen LogP contribution in [0.3, 0.4) is 0 Å². The first-order valence-corrected chi connectivity index (χ1v) is 8.49. The van der Waals surface area contributed by atoms with E-state index in [1.807, 2.05) is 4.68 Å². The van der Waals surface area contributed by atoms with E-state index in [1.54, 1.807) is 4.90 Å². The Morgan fingerprint density at radius 2 is 2.14 bits per heavy atom. The van der Waals surface area contributed by atoms with Crippen LogP contribution in [0.2, 0.25) is 0 Å². The van der Waals surface area contributed by atoms with Gasteiger partial charge in [0, 0.05) is 19.5 Å². The molecule has 0 aromatic carbocycles. The number of unbranched alkanes of at least 4 members (excludes halogenated alkanes) is 2. The number of carbonyl (C=O) groups excluding carboxylic acids is 1. The summed E-state index contributed by atoms with van der Waals surface area (Å²) in [7, 11) is 1.44. The molecule has 6 nitrogen and oxygen atoms in total. The zero-order valence-corrected chi connectivity index (χ0v) is 14.0. The Kier molecular flexibility index (Phi) is 6.21. The third kappa shape index (κ3) is 3.78. The van der Waals surface area contributed by atoms with Gasteiger partial charge in [0.1, 0.15) is 5.82 Å². The Bertz CT molecular complexity index is 486. The number of nitrogens with zero attached hydrogens (tertiary/aromatic N) is 4. The molecule has 1 aromatic rings. The summed E-state index contributed by atoms with van der Waals surface area (Å²) < 4.78 is 6.88. The van der Waals surface area contributed by atoms with E-state index in [1.165, 1.54) is 20.0 Å². The predicted octanol–water partition coefficient (Wildman–Crippen LogP) is 3.32. The molecule has 0 N–H and O–H groups in total. The van der Waals surface area contributed by atoms with Crippen LogP contribution in [0.5, 0.6) is 0 Å². The van der Waals surface area contributed by atoms with Gasteiger partial charge in [0.2, 0.25) is 0 Å². The van der Waals surface area contributed by atoms with Gasteiger partial charge in [-0.05, 0) is 32.6 Å². The molecule has 1 fully saturated rings. The molecule has 1 unspecified atom stereocenters. The van der Waals surface area contributed by atoms with Crippen LogP contribution in [0.4, 0.5) is 4.79 Å². The Balaban J connectivity index is 2.18. The number of hydrogen-bond donors (Lipinski definition) is 0. The highest BCUT2D eigenvalue weighted by atomic mass is 16.5. The van der Waals surface area contributed by atoms with E-state index in [-0.39, 0.29) is 12.1 Å². The number of aromatic nitrogens is 3. The minimum absolute atomic E-state index is 0.00595. The van der Waals surface area contributed by atoms with Crippen molar-refractivity contribution in [1.82, 2.24) is 19.7 Å². The molecule has 1 saturated heterocycles. The van der Waals surface area contributed by atoms with Crippen LogP contribution in [-0.2, 0) is 17.7 Å². The number of ether oxygens (including phenoxy) is 1. The van der Waals surface area contributed by atoms with Gasteiger partial charge in [-0.2, -0.15) is 5.10 Å². The number of methoxy groups -OCH3 is 1. The number of rotatable bonds is 6. The molecule has 1 aromatic heterocycles. The lowest BCUT2D eigenvalue weighted by Gasteiger charge is -2.33. The van der Waals surface area contributed by atoms with Crippen molar-refractivity contribution in [1.29, 1.82) is 0 Å². The molecule has 22 heavy (non-hydrogen) atoms. The standard InChI is InChI=1S/C16H28N4O2/c1-4-6-7-11-14-17-15(20(5-2)18-14)13-10-8-9-12-19(13)16(21)22-3/h13H,4-12H2,1-3H3. The van der Waals surface area contributed by atoms with Crippen LogP contribution in [0.25, 0.3) is 0 Å². The fraction of sp³-hybridized carbons (Fsp3) is 0.812. The molecule has 1 aliphatic rings. The van der Waals surface area contributed by atoms with Crippen LogP contribution >= 0.6 is 0 Å². The van der Waals surface area contributed by atoms with Gasteiger partial charge >= 0.3 is 6.09 Å². The Morgan fingerprint density at radius 3 is 2.82 bits per heavy atom. The molecule has 1 atom stereocenters. The second-order valence-electron chi connectivity index (χ2n) is 5.83. The maximum atomic E-state index is 12.0. The van der Waals surface area contributed by atoms with Gasteiger partial charge in [-0.15, -0.1) is 0 Å². The van der Waals surface area contributed by atoms with Crippen LogP contribution in [-0.4, -0.2) is 39.4 Å². The van der Waals surface area contributed by atoms with E-state index in [0.29, 0.717) is 0 Å². The van der Waals surface area contributed by atoms with E-state index in [4.69, 9.17) is 9.72 Å². The van der Waals surface area contributed by atoms with Gasteiger partial charge in [0.05, 0.1) is 13.2 Å². The van der Waals surface area contributed by atoms with Crippen molar-refractivity contribution in [3.8, 4) is 0 Å². The summed E-state index contributed by atoms with van der Waals surface area (Å²) in [6.07, 6.45) is 7.24. The number of amides is 1. The number of hydrogen-bond acceptors (Lipinski definition) is 4. The largest absolute Gasteiger partial charge is 0.453 e. The lowest BCUT2D eigenvalue weighted by molar-refractivity contribution is 0.0855. The molecule has 0 spiro atoms. The Labute approximate surface area is 132 Å². The lowest BCUT2D eigenvalue weighted by atomic mass is 10.0. The third-order valence-electron chi connectivity index (χ3n) is 4.26. The highest BCUT2D eigenvalue weighted by molar-refractivity contribution is 5.68. The average Bonchev–Trinajstić information content (AvgIpc) is 2.97. The summed E-state index contributed by atoms with van der Waals surface area (Å²) in [5, 5.41) is 4.62. The Hall–Kier alpha value is -1.59. The van der Waals surface area contributed by atoms with Crippen LogP contribution in [0.15, 0.2) is 0 Å². The molecular weight excluding hydrogens is 280 g/mol. The maximum Gasteiger partial charge on any atom is 0.410 e. The number of aryl methyl sites for hydroxylation is 2. The minimum atomic E-state index is -0.261. The molecule has 1 aliphatic heterocycles. The normalized spacial score (nSPS) is 18.5. The number of carbonyl (C=O) groups is 1. The van der Waals surface area contributed by atoms with E-state index in [2.05, 4.69) is 18.9 Å². The van der Waals surface area contributed by atoms with E-state index < -0.39 is 0 Å².